The van der Waals surface area contributed by atoms with Crippen LogP contribution in [0, 0.1) is 0 Å². The number of carbonyl (C=O) groups is 1. The SMILES string of the molecule is CS(=O)(=O)N(c1cc2[nH]c(C(=O)O)cc2cc1Br)[SH](=O)=O. The second-order valence-corrected chi connectivity index (χ2v) is 7.95. The van der Waals surface area contributed by atoms with Gasteiger partial charge < -0.3 is 10.1 Å². The maximum absolute atomic E-state index is 11.6. The molecule has 1 aromatic carbocycles. The van der Waals surface area contributed by atoms with Crippen LogP contribution in [-0.2, 0) is 20.9 Å². The fraction of sp³-hybridized carbons (Fsp3) is 0.100. The molecule has 11 heteroatoms. The molecule has 0 aliphatic heterocycles. The summed E-state index contributed by atoms with van der Waals surface area (Å²) >= 11 is 3.09. The van der Waals surface area contributed by atoms with Gasteiger partial charge in [0.05, 0.1) is 11.9 Å². The lowest BCUT2D eigenvalue weighted by molar-refractivity contribution is 0.0691. The third-order valence-electron chi connectivity index (χ3n) is 2.59. The number of fused-ring (bicyclic) bond motifs is 1. The first-order chi connectivity index (χ1) is 9.61. The summed E-state index contributed by atoms with van der Waals surface area (Å²) in [4.78, 5) is 13.5. The molecule has 0 saturated carbocycles. The molecular weight excluding hydrogens is 388 g/mol. The highest BCUT2D eigenvalue weighted by atomic mass is 79.9. The van der Waals surface area contributed by atoms with Gasteiger partial charge in [0.2, 0.25) is 20.9 Å². The number of aromatic amines is 1. The van der Waals surface area contributed by atoms with E-state index in [0.29, 0.717) is 10.9 Å². The number of hydrogen-bond donors (Lipinski definition) is 3. The molecule has 0 fully saturated rings. The van der Waals surface area contributed by atoms with Crippen molar-refractivity contribution >= 4 is 59.4 Å². The van der Waals surface area contributed by atoms with Gasteiger partial charge in [-0.1, -0.05) is 0 Å². The molecule has 0 aliphatic carbocycles. The van der Waals surface area contributed by atoms with E-state index in [-0.39, 0.29) is 19.6 Å². The Balaban J connectivity index is 2.74. The molecule has 1 aromatic heterocycles. The summed E-state index contributed by atoms with van der Waals surface area (Å²) in [6.45, 7) is 0. The van der Waals surface area contributed by atoms with Gasteiger partial charge in [-0.2, -0.15) is 3.71 Å². The van der Waals surface area contributed by atoms with Crippen molar-refractivity contribution < 1.29 is 26.7 Å². The molecule has 0 saturated heterocycles. The summed E-state index contributed by atoms with van der Waals surface area (Å²) in [6.07, 6.45) is 0.756. The molecule has 0 aliphatic rings. The van der Waals surface area contributed by atoms with Crippen LogP contribution in [0.25, 0.3) is 10.9 Å². The fourth-order valence-corrected chi connectivity index (χ4v) is 4.40. The molecule has 0 bridgehead atoms. The first kappa shape index (κ1) is 15.8. The maximum atomic E-state index is 11.6. The van der Waals surface area contributed by atoms with Crippen LogP contribution in [0.3, 0.4) is 0 Å². The molecule has 2 rings (SSSR count). The molecule has 0 radical (unpaired) electrons. The lowest BCUT2D eigenvalue weighted by atomic mass is 10.2. The zero-order valence-electron chi connectivity index (χ0n) is 10.4. The third kappa shape index (κ3) is 3.04. The summed E-state index contributed by atoms with van der Waals surface area (Å²) in [5.41, 5.74) is 0.0856. The van der Waals surface area contributed by atoms with Crippen molar-refractivity contribution in [2.45, 2.75) is 0 Å². The molecule has 0 amide bonds. The molecule has 0 atom stereocenters. The van der Waals surface area contributed by atoms with Crippen LogP contribution >= 0.6 is 15.9 Å². The number of aromatic carboxylic acids is 1. The van der Waals surface area contributed by atoms with E-state index in [4.69, 9.17) is 5.11 Å². The number of nitrogens with one attached hydrogen (secondary N) is 1. The van der Waals surface area contributed by atoms with Crippen molar-refractivity contribution in [3.8, 4) is 0 Å². The quantitative estimate of drug-likeness (QED) is 0.659. The van der Waals surface area contributed by atoms with Crippen LogP contribution in [0.4, 0.5) is 5.69 Å². The van der Waals surface area contributed by atoms with Gasteiger partial charge in [0.1, 0.15) is 5.69 Å². The number of anilines is 1. The second kappa shape index (κ2) is 5.31. The van der Waals surface area contributed by atoms with E-state index in [2.05, 4.69) is 20.9 Å². The van der Waals surface area contributed by atoms with E-state index in [0.717, 1.165) is 6.26 Å². The zero-order valence-corrected chi connectivity index (χ0v) is 13.7. The van der Waals surface area contributed by atoms with Crippen molar-refractivity contribution in [1.29, 1.82) is 0 Å². The monoisotopic (exact) mass is 396 g/mol. The van der Waals surface area contributed by atoms with Crippen LogP contribution in [0.1, 0.15) is 10.5 Å². The molecule has 1 heterocycles. The molecule has 8 nitrogen and oxygen atoms in total. The first-order valence-corrected chi connectivity index (χ1v) is 9.08. The number of halogens is 1. The Bertz CT molecular complexity index is 907. The van der Waals surface area contributed by atoms with E-state index in [1.807, 2.05) is 0 Å². The van der Waals surface area contributed by atoms with E-state index < -0.39 is 26.9 Å². The van der Waals surface area contributed by atoms with Crippen molar-refractivity contribution in [2.75, 3.05) is 9.97 Å². The van der Waals surface area contributed by atoms with Crippen LogP contribution in [0.15, 0.2) is 22.7 Å². The van der Waals surface area contributed by atoms with Crippen molar-refractivity contribution in [3.05, 3.63) is 28.4 Å². The topological polar surface area (TPSA) is 125 Å². The molecule has 114 valence electrons. The number of carboxylic acids is 1. The van der Waals surface area contributed by atoms with Crippen molar-refractivity contribution in [3.63, 3.8) is 0 Å². The number of hydrogen-bond acceptors (Lipinski definition) is 5. The average Bonchev–Trinajstić information content (AvgIpc) is 2.70. The highest BCUT2D eigenvalue weighted by Crippen LogP contribution is 2.33. The molecule has 2 aromatic rings. The number of rotatable bonds is 4. The summed E-state index contributed by atoms with van der Waals surface area (Å²) in [7, 11) is -7.46. The number of nitrogens with zero attached hydrogens (tertiary/aromatic N) is 1. The second-order valence-electron chi connectivity index (χ2n) is 4.12. The highest BCUT2D eigenvalue weighted by molar-refractivity contribution is 9.10. The Labute approximate surface area is 129 Å². The van der Waals surface area contributed by atoms with Gasteiger partial charge in [0, 0.05) is 15.4 Å². The van der Waals surface area contributed by atoms with Crippen LogP contribution in [0.2, 0.25) is 0 Å². The van der Waals surface area contributed by atoms with Gasteiger partial charge in [-0.3, -0.25) is 0 Å². The molecule has 0 spiro atoms. The molecule has 0 unspecified atom stereocenters. The highest BCUT2D eigenvalue weighted by Gasteiger charge is 2.23. The normalized spacial score (nSPS) is 12.0. The van der Waals surface area contributed by atoms with Crippen LogP contribution in [0.5, 0.6) is 0 Å². The molecule has 21 heavy (non-hydrogen) atoms. The predicted octanol–water partition coefficient (Wildman–Crippen LogP) is 0.921. The maximum Gasteiger partial charge on any atom is 0.352 e. The standard InChI is InChI=1S/C10H9BrN2O6S2/c1-21(18,19)13(20(16)17)9-4-7-5(2-6(9)11)3-8(12-7)10(14)15/h2-4,12,20H,1H3,(H,14,15). The lowest BCUT2D eigenvalue weighted by Gasteiger charge is -2.16. The van der Waals surface area contributed by atoms with Gasteiger partial charge in [-0.15, -0.1) is 0 Å². The Morgan fingerprint density at radius 1 is 1.33 bits per heavy atom. The van der Waals surface area contributed by atoms with Gasteiger partial charge in [-0.25, -0.2) is 21.6 Å². The van der Waals surface area contributed by atoms with Crippen molar-refractivity contribution in [1.82, 2.24) is 4.98 Å². The zero-order chi connectivity index (χ0) is 15.9. The van der Waals surface area contributed by atoms with Gasteiger partial charge >= 0.3 is 5.97 Å². The minimum absolute atomic E-state index is 0.0912. The van der Waals surface area contributed by atoms with Gasteiger partial charge in [0.25, 0.3) is 0 Å². The minimum Gasteiger partial charge on any atom is -0.477 e. The van der Waals surface area contributed by atoms with Crippen LogP contribution in [-0.4, -0.2) is 39.2 Å². The van der Waals surface area contributed by atoms with Gasteiger partial charge in [-0.05, 0) is 34.1 Å². The number of H-pyrrole nitrogens is 1. The molecule has 2 N–H and O–H groups in total. The summed E-state index contributed by atoms with van der Waals surface area (Å²) in [5, 5.41) is 9.40. The van der Waals surface area contributed by atoms with E-state index in [9.17, 15) is 21.6 Å². The van der Waals surface area contributed by atoms with Gasteiger partial charge in [0.15, 0.2) is 0 Å². The smallest absolute Gasteiger partial charge is 0.352 e. The Hall–Kier alpha value is -1.59. The number of benzene rings is 1. The first-order valence-electron chi connectivity index (χ1n) is 5.31. The minimum atomic E-state index is -4.04. The summed E-state index contributed by atoms with van der Waals surface area (Å²) in [6, 6.07) is 4.04. The van der Waals surface area contributed by atoms with E-state index >= 15 is 0 Å². The number of sulfonamides is 1. The number of thiol groups is 1. The fourth-order valence-electron chi connectivity index (χ4n) is 1.79. The van der Waals surface area contributed by atoms with E-state index in [1.54, 1.807) is 0 Å². The van der Waals surface area contributed by atoms with E-state index in [1.165, 1.54) is 18.2 Å². The number of carboxylic acid groups (broad SMARTS) is 1. The Kier molecular flexibility index (Phi) is 4.00. The lowest BCUT2D eigenvalue weighted by Crippen LogP contribution is -2.28. The van der Waals surface area contributed by atoms with Crippen molar-refractivity contribution in [2.24, 2.45) is 0 Å². The molecular formula is C10H9BrN2O6S2. The number of aromatic nitrogens is 1. The summed E-state index contributed by atoms with van der Waals surface area (Å²) in [5.74, 6) is -1.18. The predicted molar refractivity (Wildman–Crippen MR) is 80.6 cm³/mol. The third-order valence-corrected chi connectivity index (χ3v) is 5.85. The largest absolute Gasteiger partial charge is 0.477 e. The Morgan fingerprint density at radius 3 is 2.43 bits per heavy atom. The average molecular weight is 397 g/mol. The van der Waals surface area contributed by atoms with Crippen LogP contribution < -0.4 is 3.71 Å². The Morgan fingerprint density at radius 2 is 1.95 bits per heavy atom. The summed E-state index contributed by atoms with van der Waals surface area (Å²) < 4.78 is 46.0.